The molecule has 0 amide bonds. The summed E-state index contributed by atoms with van der Waals surface area (Å²) in [4.78, 5) is 10.6. The van der Waals surface area contributed by atoms with Gasteiger partial charge >= 0.3 is 0 Å². The Kier molecular flexibility index (Phi) is 5.22. The van der Waals surface area contributed by atoms with Crippen molar-refractivity contribution in [2.45, 2.75) is 17.8 Å². The third kappa shape index (κ3) is 3.70. The van der Waals surface area contributed by atoms with Crippen molar-refractivity contribution in [3.05, 3.63) is 63.7 Å². The van der Waals surface area contributed by atoms with Gasteiger partial charge in [-0.2, -0.15) is 0 Å². The molecule has 0 unspecified atom stereocenters. The molecule has 7 nitrogen and oxygen atoms in total. The molecule has 26 heavy (non-hydrogen) atoms. The van der Waals surface area contributed by atoms with Crippen molar-refractivity contribution in [3.63, 3.8) is 0 Å². The largest absolute Gasteiger partial charge is 0.496 e. The minimum atomic E-state index is -0.411. The number of thioether (sulfide) groups is 1. The molecule has 0 aliphatic carbocycles. The lowest BCUT2D eigenvalue weighted by Crippen LogP contribution is -1.97. The first kappa shape index (κ1) is 17.9. The van der Waals surface area contributed by atoms with E-state index in [0.29, 0.717) is 11.5 Å². The number of non-ortho nitro benzene ring substituents is 1. The molecule has 0 atom stereocenters. The highest BCUT2D eigenvalue weighted by atomic mass is 32.2. The standard InChI is InChI=1S/C18H18N4O3S/c1-12-4-6-13(7-5-12)17-19-20-18(21(17)2)26-11-14-10-15(22(23)24)8-9-16(14)25-3/h4-10H,11H2,1-3H3. The van der Waals surface area contributed by atoms with Gasteiger partial charge in [-0.3, -0.25) is 10.1 Å². The lowest BCUT2D eigenvalue weighted by Gasteiger charge is -2.08. The lowest BCUT2D eigenvalue weighted by molar-refractivity contribution is -0.384. The molecule has 0 aliphatic heterocycles. The van der Waals surface area contributed by atoms with Gasteiger partial charge in [0.05, 0.1) is 12.0 Å². The lowest BCUT2D eigenvalue weighted by atomic mass is 10.1. The first-order valence-electron chi connectivity index (χ1n) is 7.90. The summed E-state index contributed by atoms with van der Waals surface area (Å²) in [5, 5.41) is 20.2. The van der Waals surface area contributed by atoms with Crippen molar-refractivity contribution in [2.75, 3.05) is 7.11 Å². The molecule has 0 bridgehead atoms. The molecular formula is C18H18N4O3S. The van der Waals surface area contributed by atoms with Crippen LogP contribution in [-0.2, 0) is 12.8 Å². The number of benzene rings is 2. The van der Waals surface area contributed by atoms with Crippen LogP contribution in [0.3, 0.4) is 0 Å². The number of nitro groups is 1. The maximum Gasteiger partial charge on any atom is 0.270 e. The van der Waals surface area contributed by atoms with Crippen LogP contribution < -0.4 is 4.74 Å². The van der Waals surface area contributed by atoms with E-state index in [1.807, 2.05) is 42.8 Å². The van der Waals surface area contributed by atoms with E-state index < -0.39 is 4.92 Å². The third-order valence-electron chi connectivity index (χ3n) is 3.98. The fourth-order valence-electron chi connectivity index (χ4n) is 2.53. The van der Waals surface area contributed by atoms with Crippen LogP contribution in [0.4, 0.5) is 5.69 Å². The fraction of sp³-hybridized carbons (Fsp3) is 0.222. The summed E-state index contributed by atoms with van der Waals surface area (Å²) in [6.07, 6.45) is 0. The van der Waals surface area contributed by atoms with Gasteiger partial charge in [0.25, 0.3) is 5.69 Å². The molecule has 0 fully saturated rings. The van der Waals surface area contributed by atoms with Gasteiger partial charge in [0.15, 0.2) is 11.0 Å². The van der Waals surface area contributed by atoms with Crippen LogP contribution in [0.2, 0.25) is 0 Å². The monoisotopic (exact) mass is 370 g/mol. The summed E-state index contributed by atoms with van der Waals surface area (Å²) in [6.45, 7) is 2.04. The Morgan fingerprint density at radius 2 is 1.92 bits per heavy atom. The number of rotatable bonds is 6. The van der Waals surface area contributed by atoms with Crippen molar-refractivity contribution in [3.8, 4) is 17.1 Å². The normalized spacial score (nSPS) is 10.7. The van der Waals surface area contributed by atoms with Crippen LogP contribution in [0.1, 0.15) is 11.1 Å². The number of hydrogen-bond donors (Lipinski definition) is 0. The molecule has 0 radical (unpaired) electrons. The molecule has 134 valence electrons. The van der Waals surface area contributed by atoms with Gasteiger partial charge in [-0.15, -0.1) is 10.2 Å². The number of aryl methyl sites for hydroxylation is 1. The summed E-state index contributed by atoms with van der Waals surface area (Å²) in [7, 11) is 3.45. The van der Waals surface area contributed by atoms with E-state index in [4.69, 9.17) is 4.74 Å². The molecule has 3 aromatic rings. The molecule has 0 spiro atoms. The highest BCUT2D eigenvalue weighted by Crippen LogP contribution is 2.31. The van der Waals surface area contributed by atoms with Crippen molar-refractivity contribution < 1.29 is 9.66 Å². The maximum atomic E-state index is 11.0. The molecule has 0 saturated carbocycles. The number of ether oxygens (including phenoxy) is 1. The van der Waals surface area contributed by atoms with Crippen LogP contribution in [0, 0.1) is 17.0 Å². The van der Waals surface area contributed by atoms with Gasteiger partial charge in [-0.1, -0.05) is 41.6 Å². The van der Waals surface area contributed by atoms with Crippen molar-refractivity contribution >= 4 is 17.4 Å². The second-order valence-electron chi connectivity index (χ2n) is 5.77. The molecule has 1 aromatic heterocycles. The maximum absolute atomic E-state index is 11.0. The van der Waals surface area contributed by atoms with Crippen LogP contribution >= 0.6 is 11.8 Å². The zero-order valence-electron chi connectivity index (χ0n) is 14.7. The number of aromatic nitrogens is 3. The summed E-state index contributed by atoms with van der Waals surface area (Å²) in [6, 6.07) is 12.7. The average Bonchev–Trinajstić information content (AvgIpc) is 3.01. The summed E-state index contributed by atoms with van der Waals surface area (Å²) < 4.78 is 7.22. The molecule has 3 rings (SSSR count). The van der Waals surface area contributed by atoms with Crippen molar-refractivity contribution in [1.29, 1.82) is 0 Å². The zero-order chi connectivity index (χ0) is 18.7. The minimum absolute atomic E-state index is 0.0414. The Hall–Kier alpha value is -2.87. The molecular weight excluding hydrogens is 352 g/mol. The van der Waals surface area contributed by atoms with E-state index in [0.717, 1.165) is 22.1 Å². The van der Waals surface area contributed by atoms with E-state index >= 15 is 0 Å². The number of methoxy groups -OCH3 is 1. The van der Waals surface area contributed by atoms with Gasteiger partial charge in [0, 0.05) is 36.1 Å². The van der Waals surface area contributed by atoms with E-state index in [1.165, 1.54) is 29.5 Å². The van der Waals surface area contributed by atoms with E-state index in [1.54, 1.807) is 13.2 Å². The summed E-state index contributed by atoms with van der Waals surface area (Å²) in [5.41, 5.74) is 2.96. The van der Waals surface area contributed by atoms with Crippen molar-refractivity contribution in [1.82, 2.24) is 14.8 Å². The highest BCUT2D eigenvalue weighted by molar-refractivity contribution is 7.98. The minimum Gasteiger partial charge on any atom is -0.496 e. The number of hydrogen-bond acceptors (Lipinski definition) is 6. The van der Waals surface area contributed by atoms with Crippen LogP contribution in [0.15, 0.2) is 47.6 Å². The highest BCUT2D eigenvalue weighted by Gasteiger charge is 2.15. The average molecular weight is 370 g/mol. The SMILES string of the molecule is COc1ccc([N+](=O)[O-])cc1CSc1nnc(-c2ccc(C)cc2)n1C. The molecule has 2 aromatic carbocycles. The van der Waals surface area contributed by atoms with E-state index in [-0.39, 0.29) is 5.69 Å². The summed E-state index contributed by atoms with van der Waals surface area (Å²) in [5.74, 6) is 1.88. The Balaban J connectivity index is 1.82. The van der Waals surface area contributed by atoms with Gasteiger partial charge in [-0.05, 0) is 13.0 Å². The van der Waals surface area contributed by atoms with E-state index in [2.05, 4.69) is 10.2 Å². The quantitative estimate of drug-likeness (QED) is 0.370. The van der Waals surface area contributed by atoms with Crippen LogP contribution in [0.5, 0.6) is 5.75 Å². The summed E-state index contributed by atoms with van der Waals surface area (Å²) >= 11 is 1.46. The van der Waals surface area contributed by atoms with Crippen molar-refractivity contribution in [2.24, 2.45) is 7.05 Å². The van der Waals surface area contributed by atoms with Crippen LogP contribution in [-0.4, -0.2) is 26.8 Å². The predicted octanol–water partition coefficient (Wildman–Crippen LogP) is 4.00. The van der Waals surface area contributed by atoms with Crippen LogP contribution in [0.25, 0.3) is 11.4 Å². The Bertz CT molecular complexity index is 938. The van der Waals surface area contributed by atoms with Gasteiger partial charge in [-0.25, -0.2) is 0 Å². The Labute approximate surface area is 155 Å². The Morgan fingerprint density at radius 1 is 1.19 bits per heavy atom. The number of nitro benzene ring substituents is 1. The first-order chi connectivity index (χ1) is 12.5. The first-order valence-corrected chi connectivity index (χ1v) is 8.88. The topological polar surface area (TPSA) is 83.1 Å². The molecule has 8 heteroatoms. The van der Waals surface area contributed by atoms with Gasteiger partial charge in [0.1, 0.15) is 5.75 Å². The second kappa shape index (κ2) is 7.57. The number of nitrogens with zero attached hydrogens (tertiary/aromatic N) is 4. The third-order valence-corrected chi connectivity index (χ3v) is 5.05. The van der Waals surface area contributed by atoms with Gasteiger partial charge in [0.2, 0.25) is 0 Å². The molecule has 0 aliphatic rings. The second-order valence-corrected chi connectivity index (χ2v) is 6.72. The zero-order valence-corrected chi connectivity index (χ0v) is 15.5. The molecule has 1 heterocycles. The molecule has 0 N–H and O–H groups in total. The smallest absolute Gasteiger partial charge is 0.270 e. The fourth-order valence-corrected chi connectivity index (χ4v) is 3.42. The van der Waals surface area contributed by atoms with Gasteiger partial charge < -0.3 is 9.30 Å². The molecule has 0 saturated heterocycles. The Morgan fingerprint density at radius 3 is 2.58 bits per heavy atom. The predicted molar refractivity (Wildman–Crippen MR) is 100 cm³/mol. The van der Waals surface area contributed by atoms with E-state index in [9.17, 15) is 10.1 Å².